The lowest BCUT2D eigenvalue weighted by Gasteiger charge is -1.94. The van der Waals surface area contributed by atoms with Gasteiger partial charge in [0.2, 0.25) is 0 Å². The van der Waals surface area contributed by atoms with E-state index in [9.17, 15) is 0 Å². The van der Waals surface area contributed by atoms with E-state index < -0.39 is 0 Å². The number of carbonyl (C=O) groups excluding carboxylic acids is 1. The molecule has 0 radical (unpaired) electrons. The van der Waals surface area contributed by atoms with Gasteiger partial charge in [-0.25, -0.2) is 0 Å². The van der Waals surface area contributed by atoms with Crippen LogP contribution in [0.1, 0.15) is 0 Å². The Bertz CT molecular complexity index is 183. The van der Waals surface area contributed by atoms with Crippen molar-refractivity contribution in [3.05, 3.63) is 18.2 Å². The van der Waals surface area contributed by atoms with Gasteiger partial charge in [-0.2, -0.15) is 0 Å². The van der Waals surface area contributed by atoms with Crippen molar-refractivity contribution in [1.29, 1.82) is 0 Å². The first-order valence-electron chi connectivity index (χ1n) is 2.69. The van der Waals surface area contributed by atoms with Crippen LogP contribution in [-0.4, -0.2) is 22.1 Å². The van der Waals surface area contributed by atoms with Crippen molar-refractivity contribution in [3.8, 4) is 17.2 Å². The predicted octanol–water partition coefficient (Wildman–Crippen LogP) is 0.618. The summed E-state index contributed by atoms with van der Waals surface area (Å²) in [6.07, 6.45) is 0. The Morgan fingerprint density at radius 3 is 1.18 bits per heavy atom. The Labute approximate surface area is 63.3 Å². The third-order valence-electron chi connectivity index (χ3n) is 0.887. The molecule has 1 rings (SSSR count). The van der Waals surface area contributed by atoms with Gasteiger partial charge in [-0.05, 0) is 0 Å². The van der Waals surface area contributed by atoms with Gasteiger partial charge in [-0.1, -0.05) is 0 Å². The van der Waals surface area contributed by atoms with Crippen LogP contribution in [0.4, 0.5) is 0 Å². The molecule has 0 heterocycles. The smallest absolute Gasteiger partial charge is 0.122 e. The van der Waals surface area contributed by atoms with Gasteiger partial charge >= 0.3 is 0 Å². The molecule has 0 bridgehead atoms. The van der Waals surface area contributed by atoms with Crippen LogP contribution in [0, 0.1) is 0 Å². The summed E-state index contributed by atoms with van der Waals surface area (Å²) in [4.78, 5) is 8.00. The van der Waals surface area contributed by atoms with Gasteiger partial charge in [0.05, 0.1) is 0 Å². The van der Waals surface area contributed by atoms with E-state index in [0.29, 0.717) is 0 Å². The second kappa shape index (κ2) is 4.16. The maximum atomic E-state index is 8.67. The van der Waals surface area contributed by atoms with Crippen LogP contribution in [0.5, 0.6) is 17.2 Å². The summed E-state index contributed by atoms with van der Waals surface area (Å²) < 4.78 is 0. The first-order valence-corrected chi connectivity index (χ1v) is 2.69. The number of benzene rings is 1. The molecule has 0 saturated heterocycles. The van der Waals surface area contributed by atoms with Gasteiger partial charge in [0.1, 0.15) is 24.0 Å². The maximum Gasteiger partial charge on any atom is 0.122 e. The van der Waals surface area contributed by atoms with Crippen LogP contribution < -0.4 is 0 Å². The second-order valence-electron chi connectivity index (χ2n) is 1.71. The minimum atomic E-state index is -0.146. The minimum Gasteiger partial charge on any atom is -0.508 e. The highest BCUT2D eigenvalue weighted by Gasteiger charge is 1.94. The van der Waals surface area contributed by atoms with Crippen molar-refractivity contribution < 1.29 is 20.1 Å². The second-order valence-corrected chi connectivity index (χ2v) is 1.71. The van der Waals surface area contributed by atoms with E-state index in [0.717, 1.165) is 18.2 Å². The Kier molecular flexibility index (Phi) is 3.51. The molecule has 0 amide bonds. The van der Waals surface area contributed by atoms with Crippen LogP contribution in [0.25, 0.3) is 0 Å². The molecule has 0 aliphatic heterocycles. The van der Waals surface area contributed by atoms with E-state index in [2.05, 4.69) is 0 Å². The zero-order valence-corrected chi connectivity index (χ0v) is 5.69. The average Bonchev–Trinajstić information content (AvgIpc) is 1.88. The SMILES string of the molecule is C=O.Oc1cc(O)cc(O)c1. The standard InChI is InChI=1S/C6H6O3.CH2O/c7-4-1-5(8)3-6(9)2-4;1-2/h1-3,7-9H;1H2. The lowest BCUT2D eigenvalue weighted by atomic mass is 10.3. The van der Waals surface area contributed by atoms with Crippen molar-refractivity contribution in [3.63, 3.8) is 0 Å². The Morgan fingerprint density at radius 2 is 1.00 bits per heavy atom. The van der Waals surface area contributed by atoms with Crippen LogP contribution >= 0.6 is 0 Å². The van der Waals surface area contributed by atoms with Crippen LogP contribution in [0.2, 0.25) is 0 Å². The molecule has 0 aliphatic rings. The normalized spacial score (nSPS) is 8.00. The average molecular weight is 156 g/mol. The molecule has 3 N–H and O–H groups in total. The highest BCUT2D eigenvalue weighted by Crippen LogP contribution is 2.23. The van der Waals surface area contributed by atoms with E-state index in [1.54, 1.807) is 0 Å². The number of rotatable bonds is 0. The van der Waals surface area contributed by atoms with Crippen LogP contribution in [0.15, 0.2) is 18.2 Å². The zero-order chi connectivity index (χ0) is 8.85. The van der Waals surface area contributed by atoms with Crippen LogP contribution in [-0.2, 0) is 4.79 Å². The van der Waals surface area contributed by atoms with E-state index in [-0.39, 0.29) is 17.2 Å². The fourth-order valence-electron chi connectivity index (χ4n) is 0.580. The van der Waals surface area contributed by atoms with Gasteiger partial charge in [-0.3, -0.25) is 0 Å². The highest BCUT2D eigenvalue weighted by molar-refractivity contribution is 5.39. The molecule has 0 unspecified atom stereocenters. The molecule has 0 saturated carbocycles. The van der Waals surface area contributed by atoms with Gasteiger partial charge in [-0.15, -0.1) is 0 Å². The molecule has 60 valence electrons. The molecular weight excluding hydrogens is 148 g/mol. The number of carbonyl (C=O) groups is 1. The summed E-state index contributed by atoms with van der Waals surface area (Å²) in [5.41, 5.74) is 0. The molecule has 0 fully saturated rings. The molecule has 0 spiro atoms. The van der Waals surface area contributed by atoms with Crippen molar-refractivity contribution in [2.45, 2.75) is 0 Å². The zero-order valence-electron chi connectivity index (χ0n) is 5.69. The monoisotopic (exact) mass is 156 g/mol. The Balaban J connectivity index is 0.000000461. The minimum absolute atomic E-state index is 0.146. The lowest BCUT2D eigenvalue weighted by Crippen LogP contribution is -1.66. The third kappa shape index (κ3) is 3.10. The fraction of sp³-hybridized carbons (Fsp3) is 0. The Morgan fingerprint density at radius 1 is 0.818 bits per heavy atom. The highest BCUT2D eigenvalue weighted by atomic mass is 16.3. The summed E-state index contributed by atoms with van der Waals surface area (Å²) in [5.74, 6) is -0.437. The van der Waals surface area contributed by atoms with Crippen molar-refractivity contribution in [2.75, 3.05) is 0 Å². The van der Waals surface area contributed by atoms with Crippen LogP contribution in [0.3, 0.4) is 0 Å². The van der Waals surface area contributed by atoms with Crippen molar-refractivity contribution >= 4 is 6.79 Å². The predicted molar refractivity (Wildman–Crippen MR) is 38.6 cm³/mol. The van der Waals surface area contributed by atoms with E-state index in [1.165, 1.54) is 0 Å². The summed E-state index contributed by atoms with van der Waals surface area (Å²) in [6.45, 7) is 2.00. The molecular formula is C7H8O4. The quantitative estimate of drug-likeness (QED) is 0.514. The topological polar surface area (TPSA) is 77.8 Å². The molecule has 1 aromatic carbocycles. The lowest BCUT2D eigenvalue weighted by molar-refractivity contribution is -0.0979. The first kappa shape index (κ1) is 9.29. The van der Waals surface area contributed by atoms with E-state index in [4.69, 9.17) is 20.1 Å². The summed E-state index contributed by atoms with van der Waals surface area (Å²) >= 11 is 0. The number of phenolic OH excluding ortho intramolecular Hbond substituents is 3. The number of hydrogen-bond acceptors (Lipinski definition) is 4. The van der Waals surface area contributed by atoms with Crippen molar-refractivity contribution in [2.24, 2.45) is 0 Å². The third-order valence-corrected chi connectivity index (χ3v) is 0.887. The molecule has 1 aromatic rings. The maximum absolute atomic E-state index is 8.67. The summed E-state index contributed by atoms with van der Waals surface area (Å²) in [7, 11) is 0. The number of hydrogen-bond donors (Lipinski definition) is 3. The van der Waals surface area contributed by atoms with E-state index in [1.807, 2.05) is 6.79 Å². The summed E-state index contributed by atoms with van der Waals surface area (Å²) in [5, 5.41) is 26.0. The molecule has 0 aromatic heterocycles. The van der Waals surface area contributed by atoms with Gasteiger partial charge < -0.3 is 20.1 Å². The molecule has 4 heteroatoms. The molecule has 4 nitrogen and oxygen atoms in total. The molecule has 11 heavy (non-hydrogen) atoms. The number of phenols is 3. The number of aromatic hydroxyl groups is 3. The van der Waals surface area contributed by atoms with Gasteiger partial charge in [0.25, 0.3) is 0 Å². The summed E-state index contributed by atoms with van der Waals surface area (Å²) in [6, 6.07) is 3.42. The van der Waals surface area contributed by atoms with E-state index >= 15 is 0 Å². The van der Waals surface area contributed by atoms with Gasteiger partial charge in [0, 0.05) is 18.2 Å². The Hall–Kier alpha value is -1.71. The fourth-order valence-corrected chi connectivity index (χ4v) is 0.580. The van der Waals surface area contributed by atoms with Gasteiger partial charge in [0.15, 0.2) is 0 Å². The van der Waals surface area contributed by atoms with Crippen molar-refractivity contribution in [1.82, 2.24) is 0 Å². The largest absolute Gasteiger partial charge is 0.508 e. The molecule has 0 atom stereocenters. The first-order chi connectivity index (χ1) is 5.18. The molecule has 0 aliphatic carbocycles.